The van der Waals surface area contributed by atoms with Crippen molar-refractivity contribution in [2.45, 2.75) is 6.54 Å². The fraction of sp³-hybridized carbons (Fsp3) is 0.0870. The summed E-state index contributed by atoms with van der Waals surface area (Å²) in [6.45, 7) is 0.139. The molecule has 4 rings (SSSR count). The highest BCUT2D eigenvalue weighted by Crippen LogP contribution is 2.23. The van der Waals surface area contributed by atoms with Gasteiger partial charge in [-0.25, -0.2) is 13.1 Å². The standard InChI is InChI=1S/C23H21N5O3S/c1-32(30,31)27-21-12-6-5-8-17(21)15-25-23(29)20-16-28(19-10-3-2-4-11-19)26-22(20)18-9-7-13-24-14-18/h2-14,16,27H,15H2,1H3,(H,25,29). The Kier molecular flexibility index (Phi) is 6.00. The zero-order valence-electron chi connectivity index (χ0n) is 17.3. The van der Waals surface area contributed by atoms with Crippen LogP contribution >= 0.6 is 0 Å². The van der Waals surface area contributed by atoms with Gasteiger partial charge in [-0.2, -0.15) is 5.10 Å². The van der Waals surface area contributed by atoms with Crippen LogP contribution in [0.25, 0.3) is 16.9 Å². The Morgan fingerprint density at radius 2 is 1.75 bits per heavy atom. The molecular weight excluding hydrogens is 426 g/mol. The second-order valence-electron chi connectivity index (χ2n) is 7.13. The summed E-state index contributed by atoms with van der Waals surface area (Å²) in [5.74, 6) is -0.333. The van der Waals surface area contributed by atoms with E-state index >= 15 is 0 Å². The first kappa shape index (κ1) is 21.3. The Morgan fingerprint density at radius 3 is 2.47 bits per heavy atom. The summed E-state index contributed by atoms with van der Waals surface area (Å²) in [5.41, 5.74) is 3.48. The van der Waals surface area contributed by atoms with Crippen molar-refractivity contribution in [2.24, 2.45) is 0 Å². The maximum Gasteiger partial charge on any atom is 0.255 e. The van der Waals surface area contributed by atoms with E-state index in [1.54, 1.807) is 53.6 Å². The zero-order valence-corrected chi connectivity index (χ0v) is 18.1. The fourth-order valence-electron chi connectivity index (χ4n) is 3.21. The molecule has 0 unspecified atom stereocenters. The lowest BCUT2D eigenvalue weighted by molar-refractivity contribution is 0.0951. The molecular formula is C23H21N5O3S. The van der Waals surface area contributed by atoms with Gasteiger partial charge in [0.15, 0.2) is 0 Å². The molecule has 0 saturated heterocycles. The van der Waals surface area contributed by atoms with Crippen LogP contribution in [-0.2, 0) is 16.6 Å². The Hall–Kier alpha value is -3.98. The second kappa shape index (κ2) is 9.03. The molecule has 162 valence electrons. The average molecular weight is 448 g/mol. The maximum atomic E-state index is 13.1. The number of nitrogens with one attached hydrogen (secondary N) is 2. The van der Waals surface area contributed by atoms with E-state index in [1.165, 1.54) is 0 Å². The fourth-order valence-corrected chi connectivity index (χ4v) is 3.81. The molecule has 0 aliphatic heterocycles. The molecule has 2 N–H and O–H groups in total. The summed E-state index contributed by atoms with van der Waals surface area (Å²) < 4.78 is 27.4. The third kappa shape index (κ3) is 5.01. The Bertz CT molecular complexity index is 1340. The molecule has 0 bridgehead atoms. The van der Waals surface area contributed by atoms with Crippen LogP contribution in [0, 0.1) is 0 Å². The largest absolute Gasteiger partial charge is 0.348 e. The van der Waals surface area contributed by atoms with Gasteiger partial charge in [-0.15, -0.1) is 0 Å². The predicted octanol–water partition coefficient (Wildman–Crippen LogP) is 3.24. The molecule has 8 nitrogen and oxygen atoms in total. The van der Waals surface area contributed by atoms with Gasteiger partial charge in [-0.1, -0.05) is 36.4 Å². The lowest BCUT2D eigenvalue weighted by Gasteiger charge is -2.11. The van der Waals surface area contributed by atoms with Gasteiger partial charge in [0.2, 0.25) is 10.0 Å². The third-order valence-electron chi connectivity index (χ3n) is 4.67. The number of rotatable bonds is 7. The number of anilines is 1. The van der Waals surface area contributed by atoms with Crippen molar-refractivity contribution < 1.29 is 13.2 Å². The van der Waals surface area contributed by atoms with Gasteiger partial charge in [-0.05, 0) is 35.9 Å². The van der Waals surface area contributed by atoms with Crippen molar-refractivity contribution >= 4 is 21.6 Å². The molecule has 9 heteroatoms. The summed E-state index contributed by atoms with van der Waals surface area (Å²) in [4.78, 5) is 17.3. The Labute approximate surface area is 186 Å². The quantitative estimate of drug-likeness (QED) is 0.452. The molecule has 2 aromatic heterocycles. The summed E-state index contributed by atoms with van der Waals surface area (Å²) in [7, 11) is -3.44. The summed E-state index contributed by atoms with van der Waals surface area (Å²) in [6, 6.07) is 20.0. The first-order valence-corrected chi connectivity index (χ1v) is 11.7. The molecule has 0 fully saturated rings. The van der Waals surface area contributed by atoms with Crippen LogP contribution in [0.4, 0.5) is 5.69 Å². The van der Waals surface area contributed by atoms with Gasteiger partial charge in [0.25, 0.3) is 5.91 Å². The Balaban J connectivity index is 1.63. The molecule has 0 aliphatic carbocycles. The van der Waals surface area contributed by atoms with Crippen molar-refractivity contribution in [3.63, 3.8) is 0 Å². The number of carbonyl (C=O) groups is 1. The molecule has 2 aromatic carbocycles. The summed E-state index contributed by atoms with van der Waals surface area (Å²) in [5, 5.41) is 7.49. The highest BCUT2D eigenvalue weighted by atomic mass is 32.2. The van der Waals surface area contributed by atoms with Crippen molar-refractivity contribution in [3.05, 3.63) is 96.4 Å². The van der Waals surface area contributed by atoms with Crippen LogP contribution < -0.4 is 10.0 Å². The normalized spacial score (nSPS) is 11.2. The number of carbonyl (C=O) groups excluding carboxylic acids is 1. The topological polar surface area (TPSA) is 106 Å². The van der Waals surface area contributed by atoms with E-state index in [1.807, 2.05) is 36.4 Å². The van der Waals surface area contributed by atoms with Crippen LogP contribution in [0.5, 0.6) is 0 Å². The molecule has 0 spiro atoms. The van der Waals surface area contributed by atoms with E-state index in [2.05, 4.69) is 20.1 Å². The first-order chi connectivity index (χ1) is 15.4. The monoisotopic (exact) mass is 447 g/mol. The van der Waals surface area contributed by atoms with Gasteiger partial charge in [0.05, 0.1) is 23.2 Å². The molecule has 0 atom stereocenters. The van der Waals surface area contributed by atoms with Crippen LogP contribution in [-0.4, -0.2) is 35.3 Å². The van der Waals surface area contributed by atoms with Gasteiger partial charge >= 0.3 is 0 Å². The van der Waals surface area contributed by atoms with Gasteiger partial charge < -0.3 is 5.32 Å². The minimum atomic E-state index is -3.44. The highest BCUT2D eigenvalue weighted by Gasteiger charge is 2.19. The van der Waals surface area contributed by atoms with E-state index in [4.69, 9.17) is 0 Å². The number of hydrogen-bond donors (Lipinski definition) is 2. The number of amides is 1. The second-order valence-corrected chi connectivity index (χ2v) is 8.88. The number of nitrogens with zero attached hydrogens (tertiary/aromatic N) is 3. The molecule has 2 heterocycles. The predicted molar refractivity (Wildman–Crippen MR) is 123 cm³/mol. The number of hydrogen-bond acceptors (Lipinski definition) is 5. The summed E-state index contributed by atoms with van der Waals surface area (Å²) >= 11 is 0. The third-order valence-corrected chi connectivity index (χ3v) is 5.26. The van der Waals surface area contributed by atoms with Crippen LogP contribution in [0.3, 0.4) is 0 Å². The minimum absolute atomic E-state index is 0.139. The van der Waals surface area contributed by atoms with E-state index in [0.717, 1.165) is 11.9 Å². The van der Waals surface area contributed by atoms with Gasteiger partial charge in [0, 0.05) is 30.7 Å². The number of para-hydroxylation sites is 2. The number of pyridine rings is 1. The van der Waals surface area contributed by atoms with Crippen molar-refractivity contribution in [2.75, 3.05) is 11.0 Å². The van der Waals surface area contributed by atoms with Crippen LogP contribution in [0.1, 0.15) is 15.9 Å². The number of sulfonamides is 1. The SMILES string of the molecule is CS(=O)(=O)Nc1ccccc1CNC(=O)c1cn(-c2ccccc2)nc1-c1cccnc1. The van der Waals surface area contributed by atoms with Crippen LogP contribution in [0.15, 0.2) is 85.3 Å². The molecule has 0 saturated carbocycles. The smallest absolute Gasteiger partial charge is 0.255 e. The zero-order chi connectivity index (χ0) is 22.6. The number of aromatic nitrogens is 3. The molecule has 32 heavy (non-hydrogen) atoms. The molecule has 4 aromatic rings. The highest BCUT2D eigenvalue weighted by molar-refractivity contribution is 7.92. The van der Waals surface area contributed by atoms with Crippen molar-refractivity contribution in [1.82, 2.24) is 20.1 Å². The van der Waals surface area contributed by atoms with Gasteiger partial charge in [0.1, 0.15) is 5.69 Å². The molecule has 0 radical (unpaired) electrons. The molecule has 1 amide bonds. The summed E-state index contributed by atoms with van der Waals surface area (Å²) in [6.07, 6.45) is 6.07. The van der Waals surface area contributed by atoms with E-state index < -0.39 is 10.0 Å². The molecule has 0 aliphatic rings. The first-order valence-electron chi connectivity index (χ1n) is 9.80. The van der Waals surface area contributed by atoms with Crippen molar-refractivity contribution in [3.8, 4) is 16.9 Å². The maximum absolute atomic E-state index is 13.1. The minimum Gasteiger partial charge on any atom is -0.348 e. The van der Waals surface area contributed by atoms with Gasteiger partial charge in [-0.3, -0.25) is 14.5 Å². The van der Waals surface area contributed by atoms with E-state index in [-0.39, 0.29) is 12.5 Å². The Morgan fingerprint density at radius 1 is 1.00 bits per heavy atom. The van der Waals surface area contributed by atoms with Crippen LogP contribution in [0.2, 0.25) is 0 Å². The van der Waals surface area contributed by atoms with E-state index in [0.29, 0.717) is 28.1 Å². The van der Waals surface area contributed by atoms with Crippen molar-refractivity contribution in [1.29, 1.82) is 0 Å². The lowest BCUT2D eigenvalue weighted by atomic mass is 10.1. The lowest BCUT2D eigenvalue weighted by Crippen LogP contribution is -2.24. The number of benzene rings is 2. The van der Waals surface area contributed by atoms with E-state index in [9.17, 15) is 13.2 Å². The average Bonchev–Trinajstić information content (AvgIpc) is 3.24.